The molecule has 4 rings (SSSR count). The molecule has 0 amide bonds. The molecule has 0 bridgehead atoms. The summed E-state index contributed by atoms with van der Waals surface area (Å²) in [6.07, 6.45) is 0. The van der Waals surface area contributed by atoms with Gasteiger partial charge in [-0.25, -0.2) is 9.13 Å². The maximum atomic E-state index is 13.1. The lowest BCUT2D eigenvalue weighted by Gasteiger charge is -2.13. The molecule has 0 aliphatic heterocycles. The number of benzene rings is 2. The Labute approximate surface area is 161 Å². The molecule has 124 valence electrons. The van der Waals surface area contributed by atoms with Gasteiger partial charge in [0.25, 0.3) is 5.82 Å². The third-order valence-electron chi connectivity index (χ3n) is 4.74. The van der Waals surface area contributed by atoms with Crippen molar-refractivity contribution in [2.45, 2.75) is 13.5 Å². The van der Waals surface area contributed by atoms with Gasteiger partial charge >= 0.3 is 0 Å². The summed E-state index contributed by atoms with van der Waals surface area (Å²) in [5, 5.41) is 10.9. The maximum absolute atomic E-state index is 13.1. The van der Waals surface area contributed by atoms with E-state index >= 15 is 0 Å². The minimum absolute atomic E-state index is 0. The quantitative estimate of drug-likeness (QED) is 0.282. The Morgan fingerprint density at radius 1 is 1.08 bits per heavy atom. The van der Waals surface area contributed by atoms with Crippen molar-refractivity contribution in [1.29, 1.82) is 5.26 Å². The molecule has 1 heterocycles. The van der Waals surface area contributed by atoms with E-state index in [4.69, 9.17) is 5.26 Å². The molecule has 0 N–H and O–H groups in total. The number of carbonyl (C=O) groups excluding carboxylic acids is 2. The summed E-state index contributed by atoms with van der Waals surface area (Å²) in [5.41, 5.74) is 1.50. The second-order valence-corrected chi connectivity index (χ2v) is 5.95. The molecule has 6 heteroatoms. The topological polar surface area (TPSA) is 66.7 Å². The van der Waals surface area contributed by atoms with Crippen LogP contribution in [0.2, 0.25) is 0 Å². The van der Waals surface area contributed by atoms with Crippen LogP contribution in [0.3, 0.4) is 0 Å². The fraction of sp³-hybridized carbons (Fsp3) is 0.158. The zero-order chi connectivity index (χ0) is 17.0. The SMILES string of the molecule is Cc1n(CC#N)c2c([n+]1C)C(=O)c1cc3ccccc3cc1C2=O.[I-]. The second kappa shape index (κ2) is 6.08. The molecule has 0 spiro atoms. The van der Waals surface area contributed by atoms with Crippen LogP contribution < -0.4 is 28.5 Å². The van der Waals surface area contributed by atoms with Crippen LogP contribution in [0.4, 0.5) is 0 Å². The summed E-state index contributed by atoms with van der Waals surface area (Å²) in [6, 6.07) is 13.3. The van der Waals surface area contributed by atoms with Gasteiger partial charge in [0.1, 0.15) is 6.07 Å². The zero-order valence-corrected chi connectivity index (χ0v) is 15.9. The minimum atomic E-state index is -0.204. The molecule has 0 saturated carbocycles. The van der Waals surface area contributed by atoms with Crippen molar-refractivity contribution < 1.29 is 38.1 Å². The van der Waals surface area contributed by atoms with Gasteiger partial charge in [-0.3, -0.25) is 9.59 Å². The number of halogens is 1. The first-order chi connectivity index (χ1) is 11.5. The first-order valence-electron chi connectivity index (χ1n) is 7.63. The van der Waals surface area contributed by atoms with Gasteiger partial charge in [-0.2, -0.15) is 5.26 Å². The number of nitriles is 1. The maximum Gasteiger partial charge on any atom is 0.255 e. The third kappa shape index (κ3) is 2.30. The van der Waals surface area contributed by atoms with Gasteiger partial charge in [0.15, 0.2) is 6.54 Å². The Bertz CT molecular complexity index is 1110. The summed E-state index contributed by atoms with van der Waals surface area (Å²) in [6.45, 7) is 1.84. The Kier molecular flexibility index (Phi) is 4.21. The van der Waals surface area contributed by atoms with E-state index in [0.29, 0.717) is 28.3 Å². The summed E-state index contributed by atoms with van der Waals surface area (Å²) >= 11 is 0. The van der Waals surface area contributed by atoms with Crippen molar-refractivity contribution in [2.75, 3.05) is 0 Å². The minimum Gasteiger partial charge on any atom is -1.00 e. The standard InChI is InChI=1S/C19H14N3O2.HI/c1-11-21(2)16-17(22(11)8-7-20)19(24)15-10-13-6-4-3-5-12(13)9-14(15)18(16)23;/h3-6,9-10H,8H2,1-2H3;1H/q+1;/p-1. The van der Waals surface area contributed by atoms with Crippen molar-refractivity contribution in [2.24, 2.45) is 7.05 Å². The average molecular weight is 443 g/mol. The zero-order valence-electron chi connectivity index (χ0n) is 13.7. The van der Waals surface area contributed by atoms with Crippen LogP contribution >= 0.6 is 0 Å². The molecular weight excluding hydrogens is 429 g/mol. The lowest BCUT2D eigenvalue weighted by molar-refractivity contribution is -0.679. The van der Waals surface area contributed by atoms with E-state index in [-0.39, 0.29) is 42.1 Å². The molecule has 1 aliphatic rings. The summed E-state index contributed by atoms with van der Waals surface area (Å²) in [4.78, 5) is 26.1. The molecular formula is C19H14IN3O2. The number of ketones is 2. The largest absolute Gasteiger partial charge is 1.00 e. The van der Waals surface area contributed by atoms with E-state index in [1.54, 1.807) is 35.2 Å². The Hall–Kier alpha value is -2.53. The fourth-order valence-electron chi connectivity index (χ4n) is 3.42. The molecule has 0 radical (unpaired) electrons. The monoisotopic (exact) mass is 443 g/mol. The second-order valence-electron chi connectivity index (χ2n) is 5.95. The molecule has 3 aromatic rings. The molecule has 5 nitrogen and oxygen atoms in total. The van der Waals surface area contributed by atoms with E-state index in [2.05, 4.69) is 6.07 Å². The lowest BCUT2D eigenvalue weighted by atomic mass is 9.87. The number of hydrogen-bond donors (Lipinski definition) is 0. The highest BCUT2D eigenvalue weighted by Crippen LogP contribution is 2.30. The molecule has 2 aromatic carbocycles. The van der Waals surface area contributed by atoms with Gasteiger partial charge < -0.3 is 24.0 Å². The Morgan fingerprint density at radius 2 is 1.64 bits per heavy atom. The van der Waals surface area contributed by atoms with E-state index in [1.807, 2.05) is 24.3 Å². The van der Waals surface area contributed by atoms with Crippen LogP contribution in [-0.4, -0.2) is 16.1 Å². The van der Waals surface area contributed by atoms with Gasteiger partial charge in [0.2, 0.25) is 23.0 Å². The number of nitrogens with zero attached hydrogens (tertiary/aromatic N) is 3. The third-order valence-corrected chi connectivity index (χ3v) is 4.74. The van der Waals surface area contributed by atoms with Crippen LogP contribution in [-0.2, 0) is 13.6 Å². The predicted octanol–water partition coefficient (Wildman–Crippen LogP) is -0.923. The summed E-state index contributed by atoms with van der Waals surface area (Å²) < 4.78 is 3.32. The number of aromatic nitrogens is 2. The highest BCUT2D eigenvalue weighted by Gasteiger charge is 2.42. The molecule has 0 fully saturated rings. The first kappa shape index (κ1) is 17.3. The lowest BCUT2D eigenvalue weighted by Crippen LogP contribution is -3.00. The van der Waals surface area contributed by atoms with Crippen molar-refractivity contribution >= 4 is 22.3 Å². The van der Waals surface area contributed by atoms with Gasteiger partial charge in [0, 0.05) is 18.1 Å². The summed E-state index contributed by atoms with van der Waals surface area (Å²) in [7, 11) is 1.75. The normalized spacial score (nSPS) is 12.4. The van der Waals surface area contributed by atoms with Crippen LogP contribution in [0.5, 0.6) is 0 Å². The summed E-state index contributed by atoms with van der Waals surface area (Å²) in [5.74, 6) is 0.331. The van der Waals surface area contributed by atoms with Gasteiger partial charge in [-0.05, 0) is 22.9 Å². The van der Waals surface area contributed by atoms with Crippen LogP contribution in [0.25, 0.3) is 10.8 Å². The number of carbonyl (C=O) groups is 2. The number of imidazole rings is 1. The van der Waals surface area contributed by atoms with Gasteiger partial charge in [-0.15, -0.1) is 0 Å². The number of hydrogen-bond acceptors (Lipinski definition) is 3. The molecule has 25 heavy (non-hydrogen) atoms. The van der Waals surface area contributed by atoms with Crippen molar-refractivity contribution in [1.82, 2.24) is 4.57 Å². The van der Waals surface area contributed by atoms with E-state index in [0.717, 1.165) is 10.8 Å². The molecule has 0 saturated heterocycles. The van der Waals surface area contributed by atoms with Crippen LogP contribution in [0.15, 0.2) is 36.4 Å². The number of fused-ring (bicyclic) bond motifs is 3. The highest BCUT2D eigenvalue weighted by molar-refractivity contribution is 6.27. The van der Waals surface area contributed by atoms with E-state index < -0.39 is 0 Å². The number of rotatable bonds is 1. The van der Waals surface area contributed by atoms with Crippen molar-refractivity contribution in [3.63, 3.8) is 0 Å². The van der Waals surface area contributed by atoms with Gasteiger partial charge in [0.05, 0.1) is 7.05 Å². The van der Waals surface area contributed by atoms with Crippen molar-refractivity contribution in [3.05, 3.63) is 64.7 Å². The first-order valence-corrected chi connectivity index (χ1v) is 7.63. The average Bonchev–Trinajstić information content (AvgIpc) is 2.84. The van der Waals surface area contributed by atoms with Crippen LogP contribution in [0.1, 0.15) is 37.9 Å². The molecule has 0 unspecified atom stereocenters. The predicted molar refractivity (Wildman–Crippen MR) is 86.8 cm³/mol. The molecule has 1 aliphatic carbocycles. The molecule has 0 atom stereocenters. The smallest absolute Gasteiger partial charge is 0.255 e. The fourth-order valence-corrected chi connectivity index (χ4v) is 3.42. The van der Waals surface area contributed by atoms with E-state index in [9.17, 15) is 9.59 Å². The van der Waals surface area contributed by atoms with Crippen LogP contribution in [0, 0.1) is 18.3 Å². The Morgan fingerprint density at radius 3 is 2.20 bits per heavy atom. The molecule has 1 aromatic heterocycles. The van der Waals surface area contributed by atoms with Crippen molar-refractivity contribution in [3.8, 4) is 6.07 Å². The Balaban J connectivity index is 0.00000182. The highest BCUT2D eigenvalue weighted by atomic mass is 127. The van der Waals surface area contributed by atoms with Gasteiger partial charge in [-0.1, -0.05) is 24.3 Å². The van der Waals surface area contributed by atoms with E-state index in [1.165, 1.54) is 0 Å².